The summed E-state index contributed by atoms with van der Waals surface area (Å²) in [6.45, 7) is 12.9. The zero-order chi connectivity index (χ0) is 30.0. The van der Waals surface area contributed by atoms with E-state index in [9.17, 15) is 9.90 Å². The molecule has 1 spiro atoms. The molecule has 1 aliphatic heterocycles. The maximum absolute atomic E-state index is 12.0. The molecule has 2 aliphatic rings. The molecule has 4 aromatic rings. The minimum Gasteiger partial charge on any atom is -0.398 e. The molecule has 6 rings (SSSR count). The van der Waals surface area contributed by atoms with Crippen molar-refractivity contribution in [1.82, 2.24) is 24.9 Å². The Morgan fingerprint density at radius 2 is 2.02 bits per heavy atom. The lowest BCUT2D eigenvalue weighted by Gasteiger charge is -2.58. The van der Waals surface area contributed by atoms with Crippen LogP contribution in [0.1, 0.15) is 49.6 Å². The molecule has 2 aromatic carbocycles. The minimum atomic E-state index is -0.916. The normalized spacial score (nSPS) is 16.8. The van der Waals surface area contributed by atoms with Crippen LogP contribution in [0.4, 0.5) is 5.69 Å². The number of aromatic amines is 1. The van der Waals surface area contributed by atoms with Crippen LogP contribution in [0.2, 0.25) is 5.02 Å². The van der Waals surface area contributed by atoms with Crippen LogP contribution in [0.3, 0.4) is 0 Å². The van der Waals surface area contributed by atoms with Crippen molar-refractivity contribution in [3.63, 3.8) is 0 Å². The topological polar surface area (TPSA) is 125 Å². The van der Waals surface area contributed by atoms with Gasteiger partial charge >= 0.3 is 0 Å². The fourth-order valence-corrected chi connectivity index (χ4v) is 6.69. The predicted molar refractivity (Wildman–Crippen MR) is 168 cm³/mol. The van der Waals surface area contributed by atoms with E-state index in [1.54, 1.807) is 20.1 Å². The third-order valence-corrected chi connectivity index (χ3v) is 9.04. The Hall–Kier alpha value is -3.95. The predicted octanol–water partition coefficient (Wildman–Crippen LogP) is 5.49. The van der Waals surface area contributed by atoms with E-state index in [1.807, 2.05) is 42.3 Å². The van der Waals surface area contributed by atoms with Gasteiger partial charge in [0.15, 0.2) is 0 Å². The number of rotatable bonds is 7. The lowest BCUT2D eigenvalue weighted by Crippen LogP contribution is -2.63. The number of aliphatic hydroxyl groups is 1. The van der Waals surface area contributed by atoms with E-state index in [-0.39, 0.29) is 23.9 Å². The lowest BCUT2D eigenvalue weighted by molar-refractivity contribution is -0.149. The first-order valence-electron chi connectivity index (χ1n) is 14.1. The van der Waals surface area contributed by atoms with Crippen molar-refractivity contribution in [3.8, 4) is 22.4 Å². The zero-order valence-corrected chi connectivity index (χ0v) is 25.2. The number of aromatic nitrogens is 4. The van der Waals surface area contributed by atoms with Crippen molar-refractivity contribution in [2.24, 2.45) is 10.4 Å². The molecule has 3 heterocycles. The molecule has 2 aromatic heterocycles. The van der Waals surface area contributed by atoms with Gasteiger partial charge in [-0.3, -0.25) is 19.6 Å². The number of nitrogen functional groups attached to an aromatic ring is 1. The van der Waals surface area contributed by atoms with Crippen LogP contribution in [0.5, 0.6) is 0 Å². The Morgan fingerprint density at radius 1 is 1.29 bits per heavy atom. The van der Waals surface area contributed by atoms with Gasteiger partial charge < -0.3 is 15.7 Å². The van der Waals surface area contributed by atoms with E-state index < -0.39 is 5.60 Å². The van der Waals surface area contributed by atoms with Gasteiger partial charge in [-0.15, -0.1) is 0 Å². The molecular formula is C32H36ClN7O2. The summed E-state index contributed by atoms with van der Waals surface area (Å²) < 4.78 is 2.14. The molecule has 1 saturated carbocycles. The Bertz CT molecular complexity index is 1750. The maximum atomic E-state index is 12.0. The molecule has 1 aliphatic carbocycles. The lowest BCUT2D eigenvalue weighted by atomic mass is 9.60. The van der Waals surface area contributed by atoms with Gasteiger partial charge in [-0.1, -0.05) is 24.2 Å². The third kappa shape index (κ3) is 4.80. The molecule has 0 atom stereocenters. The van der Waals surface area contributed by atoms with Crippen LogP contribution in [-0.2, 0) is 4.79 Å². The number of aryl methyl sites for hydroxylation is 1. The van der Waals surface area contributed by atoms with Crippen molar-refractivity contribution in [1.29, 1.82) is 0 Å². The summed E-state index contributed by atoms with van der Waals surface area (Å²) in [5.74, 6) is -0.00705. The quantitative estimate of drug-likeness (QED) is 0.150. The van der Waals surface area contributed by atoms with Crippen LogP contribution in [-0.4, -0.2) is 67.3 Å². The number of H-pyrrole nitrogens is 1. The van der Waals surface area contributed by atoms with Crippen molar-refractivity contribution in [2.45, 2.75) is 52.2 Å². The number of hydrogen-bond donors (Lipinski definition) is 3. The van der Waals surface area contributed by atoms with Crippen LogP contribution in [0, 0.1) is 19.3 Å². The summed E-state index contributed by atoms with van der Waals surface area (Å²) in [6.07, 6.45) is 6.81. The molecule has 218 valence electrons. The van der Waals surface area contributed by atoms with Gasteiger partial charge in [0.2, 0.25) is 5.91 Å². The second-order valence-electron chi connectivity index (χ2n) is 12.6. The van der Waals surface area contributed by atoms with Gasteiger partial charge in [0.1, 0.15) is 5.69 Å². The number of fused-ring (bicyclic) bond motifs is 1. The van der Waals surface area contributed by atoms with Gasteiger partial charge in [-0.25, -0.2) is 0 Å². The number of carbonyl (C=O) groups is 1. The highest BCUT2D eigenvalue weighted by molar-refractivity contribution is 6.36. The van der Waals surface area contributed by atoms with E-state index in [1.165, 1.54) is 6.08 Å². The monoisotopic (exact) mass is 585 g/mol. The number of hydrogen-bond acceptors (Lipinski definition) is 6. The average Bonchev–Trinajstić information content (AvgIpc) is 3.48. The highest BCUT2D eigenvalue weighted by Crippen LogP contribution is 2.55. The molecule has 2 fully saturated rings. The second-order valence-corrected chi connectivity index (χ2v) is 12.9. The summed E-state index contributed by atoms with van der Waals surface area (Å²) in [7, 11) is 0. The average molecular weight is 586 g/mol. The zero-order valence-electron chi connectivity index (χ0n) is 24.4. The smallest absolute Gasteiger partial charge is 0.245 e. The third-order valence-electron chi connectivity index (χ3n) is 8.56. The number of halogens is 1. The SMILES string of the molecule is C=CC(=O)N1CC2(CC(n3nc(-c4ccc(N)c(C=NCC(C)(C)O)c4)c(-c4c(Cl)c(C)cc5[nH]ncc45)c3C)C2)C1. The van der Waals surface area contributed by atoms with Gasteiger partial charge in [0.25, 0.3) is 0 Å². The molecule has 0 unspecified atom stereocenters. The van der Waals surface area contributed by atoms with Crippen LogP contribution < -0.4 is 5.73 Å². The molecule has 10 heteroatoms. The van der Waals surface area contributed by atoms with Crippen molar-refractivity contribution in [2.75, 3.05) is 25.4 Å². The number of amides is 1. The molecular weight excluding hydrogens is 550 g/mol. The van der Waals surface area contributed by atoms with E-state index in [0.717, 1.165) is 76.0 Å². The van der Waals surface area contributed by atoms with Gasteiger partial charge in [-0.2, -0.15) is 10.2 Å². The number of likely N-dealkylation sites (tertiary alicyclic amines) is 1. The Kier molecular flexibility index (Phi) is 6.78. The summed E-state index contributed by atoms with van der Waals surface area (Å²) in [5, 5.41) is 24.3. The van der Waals surface area contributed by atoms with Crippen molar-refractivity contribution >= 4 is 40.3 Å². The molecule has 4 N–H and O–H groups in total. The number of aliphatic imine (C=N–C) groups is 1. The molecule has 0 radical (unpaired) electrons. The van der Waals surface area contributed by atoms with Crippen LogP contribution in [0.15, 0.2) is 48.1 Å². The molecule has 1 saturated heterocycles. The van der Waals surface area contributed by atoms with E-state index in [2.05, 4.69) is 33.4 Å². The van der Waals surface area contributed by atoms with Crippen LogP contribution >= 0.6 is 11.6 Å². The van der Waals surface area contributed by atoms with Gasteiger partial charge in [-0.05, 0) is 70.4 Å². The largest absolute Gasteiger partial charge is 0.398 e. The Morgan fingerprint density at radius 3 is 2.71 bits per heavy atom. The Balaban J connectivity index is 1.44. The summed E-state index contributed by atoms with van der Waals surface area (Å²) in [6, 6.07) is 8.05. The van der Waals surface area contributed by atoms with E-state index in [0.29, 0.717) is 10.7 Å². The number of nitrogens with one attached hydrogen (secondary N) is 1. The first-order chi connectivity index (χ1) is 19.9. The highest BCUT2D eigenvalue weighted by atomic mass is 35.5. The fourth-order valence-electron chi connectivity index (χ4n) is 6.44. The Labute approximate surface area is 250 Å². The summed E-state index contributed by atoms with van der Waals surface area (Å²) in [5.41, 5.74) is 13.3. The van der Waals surface area contributed by atoms with Crippen LogP contribution in [0.25, 0.3) is 33.3 Å². The van der Waals surface area contributed by atoms with Crippen molar-refractivity contribution < 1.29 is 9.90 Å². The number of carbonyl (C=O) groups excluding carboxylic acids is 1. The second kappa shape index (κ2) is 10.1. The summed E-state index contributed by atoms with van der Waals surface area (Å²) >= 11 is 7.05. The molecule has 42 heavy (non-hydrogen) atoms. The molecule has 0 bridgehead atoms. The standard InChI is InChI=1S/C32H36ClN7O2/c1-6-26(41)39-16-32(17-39)11-22(12-32)40-19(3)27(28-23-14-36-37-25(23)9-18(2)29(28)33)30(38-40)20-7-8-24(34)21(10-20)13-35-15-31(4,5)42/h6-10,13-14,22,42H,1,11-12,15-17,34H2,2-5H3,(H,36,37). The van der Waals surface area contributed by atoms with Crippen molar-refractivity contribution in [3.05, 3.63) is 65.0 Å². The molecule has 9 nitrogen and oxygen atoms in total. The summed E-state index contributed by atoms with van der Waals surface area (Å²) in [4.78, 5) is 18.3. The minimum absolute atomic E-state index is 0.00705. The fraction of sp³-hybridized carbons (Fsp3) is 0.375. The van der Waals surface area contributed by atoms with Gasteiger partial charge in [0.05, 0.1) is 34.9 Å². The number of nitrogens with zero attached hydrogens (tertiary/aromatic N) is 5. The van der Waals surface area contributed by atoms with E-state index >= 15 is 0 Å². The van der Waals surface area contributed by atoms with E-state index in [4.69, 9.17) is 22.4 Å². The number of benzene rings is 2. The first kappa shape index (κ1) is 28.2. The molecule has 1 amide bonds. The number of nitrogens with two attached hydrogens (primary N) is 1. The first-order valence-corrected chi connectivity index (χ1v) is 14.5. The highest BCUT2D eigenvalue weighted by Gasteiger charge is 2.54. The maximum Gasteiger partial charge on any atom is 0.245 e. The number of anilines is 1. The van der Waals surface area contributed by atoms with Gasteiger partial charge in [0, 0.05) is 63.7 Å².